The summed E-state index contributed by atoms with van der Waals surface area (Å²) in [6.07, 6.45) is 8.93. The average molecular weight is 239 g/mol. The molecule has 1 unspecified atom stereocenters. The molecule has 17 heavy (non-hydrogen) atoms. The van der Waals surface area contributed by atoms with Gasteiger partial charge in [-0.1, -0.05) is 12.2 Å². The maximum Gasteiger partial charge on any atom is 0.341 e. The quantitative estimate of drug-likeness (QED) is 0.320. The van der Waals surface area contributed by atoms with Crippen LogP contribution in [0.5, 0.6) is 0 Å². The summed E-state index contributed by atoms with van der Waals surface area (Å²) >= 11 is 0. The molecule has 0 spiro atoms. The van der Waals surface area contributed by atoms with E-state index in [1.165, 1.54) is 20.6 Å². The Labute approximate surface area is 102 Å². The molecule has 1 radical (unpaired) electrons. The van der Waals surface area contributed by atoms with Crippen molar-refractivity contribution in [3.8, 4) is 0 Å². The third-order valence-corrected chi connectivity index (χ3v) is 2.98. The van der Waals surface area contributed by atoms with Crippen LogP contribution in [0.1, 0.15) is 32.1 Å². The van der Waals surface area contributed by atoms with Crippen molar-refractivity contribution in [2.45, 2.75) is 32.1 Å². The molecule has 1 aliphatic carbocycles. The van der Waals surface area contributed by atoms with Crippen molar-refractivity contribution in [2.24, 2.45) is 5.92 Å². The molecule has 0 bridgehead atoms. The Kier molecular flexibility index (Phi) is 5.60. The van der Waals surface area contributed by atoms with Crippen LogP contribution < -0.4 is 0 Å². The third-order valence-electron chi connectivity index (χ3n) is 2.98. The number of esters is 1. The zero-order valence-electron chi connectivity index (χ0n) is 10.4. The van der Waals surface area contributed by atoms with Gasteiger partial charge in [-0.3, -0.25) is 0 Å². The fourth-order valence-corrected chi connectivity index (χ4v) is 1.99. The standard InChI is InChI=1S/C13H19O4/c1-16-12(14)11(13(15)17-2)9-8-10-6-4-3-5-7-10/h4,6,10H,3,5,7-9H2,1-2H3. The molecule has 4 heteroatoms. The molecule has 1 rings (SSSR count). The monoisotopic (exact) mass is 239 g/mol. The van der Waals surface area contributed by atoms with E-state index in [9.17, 15) is 9.90 Å². The zero-order valence-corrected chi connectivity index (χ0v) is 10.4. The second-order valence-electron chi connectivity index (χ2n) is 4.12. The van der Waals surface area contributed by atoms with Gasteiger partial charge in [0, 0.05) is 0 Å². The highest BCUT2D eigenvalue weighted by Crippen LogP contribution is 2.24. The Balaban J connectivity index is 2.58. The Hall–Kier alpha value is -1.45. The molecule has 0 saturated carbocycles. The van der Waals surface area contributed by atoms with Gasteiger partial charge >= 0.3 is 11.9 Å². The van der Waals surface area contributed by atoms with Gasteiger partial charge in [0.05, 0.1) is 14.2 Å². The van der Waals surface area contributed by atoms with E-state index >= 15 is 0 Å². The van der Waals surface area contributed by atoms with Gasteiger partial charge in [-0.2, -0.15) is 0 Å². The lowest BCUT2D eigenvalue weighted by molar-refractivity contribution is -0.137. The van der Waals surface area contributed by atoms with Crippen LogP contribution in [0.2, 0.25) is 0 Å². The number of hydrogen-bond acceptors (Lipinski definition) is 3. The smallest absolute Gasteiger partial charge is 0.341 e. The SMILES string of the molecule is COC(=O)C(CCC1C=CCCC1)=C([O])OC. The Morgan fingerprint density at radius 2 is 2.12 bits per heavy atom. The van der Waals surface area contributed by atoms with E-state index < -0.39 is 11.9 Å². The molecule has 0 aromatic rings. The van der Waals surface area contributed by atoms with Crippen LogP contribution >= 0.6 is 0 Å². The first kappa shape index (κ1) is 13.6. The summed E-state index contributed by atoms with van der Waals surface area (Å²) in [5.41, 5.74) is 0.106. The van der Waals surface area contributed by atoms with Crippen molar-refractivity contribution in [1.82, 2.24) is 0 Å². The molecule has 0 aromatic carbocycles. The first-order valence-corrected chi connectivity index (χ1v) is 5.88. The number of allylic oxidation sites excluding steroid dienone is 2. The van der Waals surface area contributed by atoms with Crippen molar-refractivity contribution >= 4 is 5.97 Å². The summed E-state index contributed by atoms with van der Waals surface area (Å²) in [4.78, 5) is 11.4. The Bertz CT molecular complexity index is 317. The largest absolute Gasteiger partial charge is 0.465 e. The molecule has 1 aliphatic rings. The minimum atomic E-state index is -0.586. The van der Waals surface area contributed by atoms with Gasteiger partial charge in [0.1, 0.15) is 5.57 Å². The van der Waals surface area contributed by atoms with E-state index in [0.717, 1.165) is 19.3 Å². The first-order chi connectivity index (χ1) is 8.19. The predicted molar refractivity (Wildman–Crippen MR) is 62.5 cm³/mol. The number of rotatable bonds is 5. The fraction of sp³-hybridized carbons (Fsp3) is 0.615. The van der Waals surface area contributed by atoms with Crippen LogP contribution in [0.4, 0.5) is 0 Å². The lowest BCUT2D eigenvalue weighted by Crippen LogP contribution is -2.11. The summed E-state index contributed by atoms with van der Waals surface area (Å²) in [6.45, 7) is 0. The van der Waals surface area contributed by atoms with E-state index in [1.807, 2.05) is 0 Å². The van der Waals surface area contributed by atoms with E-state index in [2.05, 4.69) is 21.6 Å². The highest BCUT2D eigenvalue weighted by Gasteiger charge is 2.20. The highest BCUT2D eigenvalue weighted by atomic mass is 16.6. The predicted octanol–water partition coefficient (Wildman–Crippen LogP) is 2.58. The van der Waals surface area contributed by atoms with E-state index in [1.54, 1.807) is 0 Å². The minimum Gasteiger partial charge on any atom is -0.465 e. The van der Waals surface area contributed by atoms with Crippen LogP contribution in [0.15, 0.2) is 23.7 Å². The maximum atomic E-state index is 11.4. The molecular weight excluding hydrogens is 220 g/mol. The normalized spacial score (nSPS) is 20.7. The lowest BCUT2D eigenvalue weighted by atomic mass is 9.90. The number of hydrogen-bond donors (Lipinski definition) is 0. The van der Waals surface area contributed by atoms with Crippen LogP contribution in [0.3, 0.4) is 0 Å². The van der Waals surface area contributed by atoms with Crippen molar-refractivity contribution in [3.05, 3.63) is 23.7 Å². The summed E-state index contributed by atoms with van der Waals surface area (Å²) in [5.74, 6) is -0.721. The molecule has 0 amide bonds. The summed E-state index contributed by atoms with van der Waals surface area (Å²) in [6, 6.07) is 0. The second-order valence-corrected chi connectivity index (χ2v) is 4.12. The number of ether oxygens (including phenoxy) is 2. The first-order valence-electron chi connectivity index (χ1n) is 5.88. The summed E-state index contributed by atoms with van der Waals surface area (Å²) in [7, 11) is 2.54. The van der Waals surface area contributed by atoms with Crippen molar-refractivity contribution in [3.63, 3.8) is 0 Å². The van der Waals surface area contributed by atoms with Crippen LogP contribution in [-0.2, 0) is 19.4 Å². The van der Waals surface area contributed by atoms with Gasteiger partial charge in [0.15, 0.2) is 0 Å². The topological polar surface area (TPSA) is 55.4 Å². The van der Waals surface area contributed by atoms with Crippen molar-refractivity contribution in [1.29, 1.82) is 0 Å². The molecule has 0 N–H and O–H groups in total. The molecule has 4 nitrogen and oxygen atoms in total. The van der Waals surface area contributed by atoms with Crippen molar-refractivity contribution < 1.29 is 19.4 Å². The average Bonchev–Trinajstić information content (AvgIpc) is 2.39. The Morgan fingerprint density at radius 1 is 1.35 bits per heavy atom. The number of methoxy groups -OCH3 is 2. The molecule has 95 valence electrons. The maximum absolute atomic E-state index is 11.4. The van der Waals surface area contributed by atoms with Crippen LogP contribution in [0.25, 0.3) is 0 Å². The molecule has 0 saturated heterocycles. The van der Waals surface area contributed by atoms with Crippen LogP contribution in [0, 0.1) is 5.92 Å². The highest BCUT2D eigenvalue weighted by molar-refractivity contribution is 5.88. The van der Waals surface area contributed by atoms with E-state index in [0.29, 0.717) is 12.3 Å². The summed E-state index contributed by atoms with van der Waals surface area (Å²) < 4.78 is 9.16. The molecule has 0 heterocycles. The Morgan fingerprint density at radius 3 is 2.65 bits per heavy atom. The van der Waals surface area contributed by atoms with Gasteiger partial charge in [-0.15, -0.1) is 0 Å². The van der Waals surface area contributed by atoms with Crippen LogP contribution in [-0.4, -0.2) is 20.2 Å². The molecule has 0 aliphatic heterocycles. The van der Waals surface area contributed by atoms with E-state index in [4.69, 9.17) is 0 Å². The lowest BCUT2D eigenvalue weighted by Gasteiger charge is -2.16. The molecular formula is C13H19O4. The zero-order chi connectivity index (χ0) is 12.7. The molecule has 0 fully saturated rings. The number of carbonyl (C=O) groups is 1. The van der Waals surface area contributed by atoms with Gasteiger partial charge in [0.2, 0.25) is 0 Å². The third kappa shape index (κ3) is 4.13. The molecule has 0 aromatic heterocycles. The van der Waals surface area contributed by atoms with Crippen molar-refractivity contribution in [2.75, 3.05) is 14.2 Å². The van der Waals surface area contributed by atoms with Gasteiger partial charge in [0.25, 0.3) is 0 Å². The summed E-state index contributed by atoms with van der Waals surface area (Å²) in [5, 5.41) is 11.4. The number of carbonyl (C=O) groups excluding carboxylic acids is 1. The van der Waals surface area contributed by atoms with Gasteiger partial charge < -0.3 is 9.47 Å². The fourth-order valence-electron chi connectivity index (χ4n) is 1.99. The van der Waals surface area contributed by atoms with Gasteiger partial charge in [-0.05, 0) is 38.0 Å². The second kappa shape index (κ2) is 6.99. The molecule has 1 atom stereocenters. The van der Waals surface area contributed by atoms with E-state index in [-0.39, 0.29) is 5.57 Å². The van der Waals surface area contributed by atoms with Gasteiger partial charge in [-0.25, -0.2) is 9.90 Å². The minimum absolute atomic E-state index is 0.106.